The Morgan fingerprint density at radius 2 is 2.33 bits per heavy atom. The van der Waals surface area contributed by atoms with Crippen molar-refractivity contribution in [2.24, 2.45) is 0 Å². The summed E-state index contributed by atoms with van der Waals surface area (Å²) in [6.45, 7) is 3.18. The van der Waals surface area contributed by atoms with Gasteiger partial charge in [-0.05, 0) is 17.9 Å². The van der Waals surface area contributed by atoms with Crippen LogP contribution in [0.2, 0.25) is 0 Å². The second kappa shape index (κ2) is 6.68. The number of carbonyl (C=O) groups excluding carboxylic acids is 3. The van der Waals surface area contributed by atoms with Crippen LogP contribution >= 0.6 is 11.3 Å². The Kier molecular flexibility index (Phi) is 4.92. The zero-order valence-electron chi connectivity index (χ0n) is 11.9. The van der Waals surface area contributed by atoms with Gasteiger partial charge >= 0.3 is 5.97 Å². The van der Waals surface area contributed by atoms with Gasteiger partial charge in [-0.2, -0.15) is 0 Å². The number of nitrogens with one attached hydrogen (secondary N) is 2. The maximum absolute atomic E-state index is 12.1. The van der Waals surface area contributed by atoms with E-state index in [1.807, 2.05) is 5.32 Å². The molecule has 1 saturated heterocycles. The molecule has 2 heterocycles. The molecule has 0 aliphatic carbocycles. The van der Waals surface area contributed by atoms with Crippen LogP contribution < -0.4 is 16.0 Å². The van der Waals surface area contributed by atoms with Crippen molar-refractivity contribution in [2.45, 2.75) is 19.4 Å². The van der Waals surface area contributed by atoms with Crippen molar-refractivity contribution >= 4 is 34.8 Å². The zero-order chi connectivity index (χ0) is 15.4. The molecule has 7 nitrogen and oxygen atoms in total. The van der Waals surface area contributed by atoms with E-state index in [9.17, 15) is 14.4 Å². The summed E-state index contributed by atoms with van der Waals surface area (Å²) in [6.07, 6.45) is 0.0712. The van der Waals surface area contributed by atoms with Crippen molar-refractivity contribution in [3.63, 3.8) is 0 Å². The van der Waals surface area contributed by atoms with Gasteiger partial charge in [0.15, 0.2) is 6.04 Å². The maximum Gasteiger partial charge on any atom is 0.350 e. The van der Waals surface area contributed by atoms with Gasteiger partial charge in [0.1, 0.15) is 4.88 Å². The van der Waals surface area contributed by atoms with Gasteiger partial charge in [0.05, 0.1) is 32.3 Å². The topological polar surface area (TPSA) is 101 Å². The molecule has 1 aromatic rings. The fourth-order valence-corrected chi connectivity index (χ4v) is 3.05. The number of nitrogens with two attached hydrogens (primary N) is 1. The highest BCUT2D eigenvalue weighted by atomic mass is 32.1. The highest BCUT2D eigenvalue weighted by molar-refractivity contribution is 7.12. The number of hydrogen-bond donors (Lipinski definition) is 3. The maximum atomic E-state index is 12.1. The van der Waals surface area contributed by atoms with E-state index in [1.165, 1.54) is 18.4 Å². The molecule has 1 fully saturated rings. The molecule has 0 aromatic carbocycles. The van der Waals surface area contributed by atoms with Crippen molar-refractivity contribution in [2.75, 3.05) is 25.5 Å². The molecule has 1 atom stereocenters. The molecule has 1 aromatic heterocycles. The lowest BCUT2D eigenvalue weighted by Gasteiger charge is -2.19. The Labute approximate surface area is 126 Å². The standard InChI is InChI=1S/C13H17N3O4S/c1-7-6-21-11(13(19)20-2)10(7)16-9(17)5-8-12(18)15-4-3-14-8/h6,8,14H,3-5H2,1-2H3,(H,15,18)(H,16,17)/p+1/t8-/m1/s1. The van der Waals surface area contributed by atoms with E-state index in [0.29, 0.717) is 17.1 Å². The molecule has 0 bridgehead atoms. The summed E-state index contributed by atoms with van der Waals surface area (Å²) in [6, 6.07) is -0.417. The van der Waals surface area contributed by atoms with Crippen molar-refractivity contribution < 1.29 is 24.4 Å². The normalized spacial score (nSPS) is 18.0. The second-order valence-electron chi connectivity index (χ2n) is 4.79. The third-order valence-electron chi connectivity index (χ3n) is 3.25. The molecule has 21 heavy (non-hydrogen) atoms. The van der Waals surface area contributed by atoms with Gasteiger partial charge in [0, 0.05) is 0 Å². The average Bonchev–Trinajstić information content (AvgIpc) is 2.82. The van der Waals surface area contributed by atoms with E-state index in [2.05, 4.69) is 15.4 Å². The first kappa shape index (κ1) is 15.5. The highest BCUT2D eigenvalue weighted by Crippen LogP contribution is 2.28. The predicted molar refractivity (Wildman–Crippen MR) is 77.2 cm³/mol. The summed E-state index contributed by atoms with van der Waals surface area (Å²) >= 11 is 1.22. The Morgan fingerprint density at radius 1 is 1.57 bits per heavy atom. The second-order valence-corrected chi connectivity index (χ2v) is 5.67. The third kappa shape index (κ3) is 3.59. The Bertz CT molecular complexity index is 570. The van der Waals surface area contributed by atoms with E-state index < -0.39 is 12.0 Å². The zero-order valence-corrected chi connectivity index (χ0v) is 12.7. The number of carbonyl (C=O) groups is 3. The highest BCUT2D eigenvalue weighted by Gasteiger charge is 2.28. The molecule has 0 spiro atoms. The molecule has 2 rings (SSSR count). The average molecular weight is 312 g/mol. The van der Waals surface area contributed by atoms with Gasteiger partial charge in [0.2, 0.25) is 5.91 Å². The quantitative estimate of drug-likeness (QED) is 0.636. The fourth-order valence-electron chi connectivity index (χ4n) is 2.13. The molecule has 0 saturated carbocycles. The summed E-state index contributed by atoms with van der Waals surface area (Å²) in [5, 5.41) is 9.06. The van der Waals surface area contributed by atoms with Crippen LogP contribution in [0, 0.1) is 6.92 Å². The number of aryl methyl sites for hydroxylation is 1. The molecule has 0 unspecified atom stereocenters. The van der Waals surface area contributed by atoms with Crippen molar-refractivity contribution in [3.8, 4) is 0 Å². The van der Waals surface area contributed by atoms with E-state index in [0.717, 1.165) is 12.1 Å². The number of esters is 1. The molecule has 8 heteroatoms. The fraction of sp³-hybridized carbons (Fsp3) is 0.462. The Balaban J connectivity index is 2.04. The third-order valence-corrected chi connectivity index (χ3v) is 4.32. The van der Waals surface area contributed by atoms with Crippen molar-refractivity contribution in [1.29, 1.82) is 0 Å². The number of hydrogen-bond acceptors (Lipinski definition) is 5. The molecular weight excluding hydrogens is 294 g/mol. The summed E-state index contributed by atoms with van der Waals surface area (Å²) in [4.78, 5) is 35.7. The first-order valence-corrected chi connectivity index (χ1v) is 7.48. The van der Waals surface area contributed by atoms with Crippen molar-refractivity contribution in [1.82, 2.24) is 5.32 Å². The van der Waals surface area contributed by atoms with Crippen LogP contribution in [0.15, 0.2) is 5.38 Å². The molecule has 0 radical (unpaired) electrons. The van der Waals surface area contributed by atoms with Crippen LogP contribution in [0.3, 0.4) is 0 Å². The minimum atomic E-state index is -0.481. The lowest BCUT2D eigenvalue weighted by atomic mass is 10.1. The monoisotopic (exact) mass is 312 g/mol. The van der Waals surface area contributed by atoms with Crippen LogP contribution in [-0.4, -0.2) is 44.0 Å². The van der Waals surface area contributed by atoms with E-state index >= 15 is 0 Å². The van der Waals surface area contributed by atoms with E-state index in [-0.39, 0.29) is 18.2 Å². The number of quaternary nitrogens is 1. The van der Waals surface area contributed by atoms with E-state index in [4.69, 9.17) is 0 Å². The van der Waals surface area contributed by atoms with Gasteiger partial charge in [-0.25, -0.2) is 4.79 Å². The summed E-state index contributed by atoms with van der Waals surface area (Å²) in [5.74, 6) is -0.906. The number of ether oxygens (including phenoxy) is 1. The van der Waals surface area contributed by atoms with E-state index in [1.54, 1.807) is 12.3 Å². The Hall–Kier alpha value is -1.93. The van der Waals surface area contributed by atoms with Crippen LogP contribution in [0.25, 0.3) is 0 Å². The van der Waals surface area contributed by atoms with Gasteiger partial charge < -0.3 is 20.7 Å². The predicted octanol–water partition coefficient (Wildman–Crippen LogP) is -0.766. The smallest absolute Gasteiger partial charge is 0.350 e. The first-order valence-electron chi connectivity index (χ1n) is 6.60. The van der Waals surface area contributed by atoms with Crippen LogP contribution in [0.1, 0.15) is 21.7 Å². The molecule has 114 valence electrons. The minimum Gasteiger partial charge on any atom is -0.465 e. The van der Waals surface area contributed by atoms with Crippen LogP contribution in [0.4, 0.5) is 5.69 Å². The number of methoxy groups -OCH3 is 1. The number of thiophene rings is 1. The summed E-state index contributed by atoms with van der Waals surface area (Å²) < 4.78 is 4.69. The van der Waals surface area contributed by atoms with Crippen molar-refractivity contribution in [3.05, 3.63) is 15.8 Å². The number of piperazine rings is 1. The first-order chi connectivity index (χ1) is 10.0. The molecule has 1 aliphatic rings. The molecule has 2 amide bonds. The van der Waals surface area contributed by atoms with Gasteiger partial charge in [0.25, 0.3) is 5.91 Å². The van der Waals surface area contributed by atoms with Gasteiger partial charge in [-0.15, -0.1) is 11.3 Å². The molecule has 4 N–H and O–H groups in total. The largest absolute Gasteiger partial charge is 0.465 e. The number of anilines is 1. The van der Waals surface area contributed by atoms with Gasteiger partial charge in [-0.3, -0.25) is 9.59 Å². The SMILES string of the molecule is COC(=O)c1scc(C)c1NC(=O)C[C@H]1[NH2+]CCNC1=O. The summed E-state index contributed by atoms with van der Waals surface area (Å²) in [7, 11) is 1.30. The lowest BCUT2D eigenvalue weighted by molar-refractivity contribution is -0.678. The lowest BCUT2D eigenvalue weighted by Crippen LogP contribution is -2.96. The summed E-state index contributed by atoms with van der Waals surface area (Å²) in [5.41, 5.74) is 1.26. The van der Waals surface area contributed by atoms with Crippen LogP contribution in [-0.2, 0) is 14.3 Å². The molecular formula is C13H18N3O4S+. The minimum absolute atomic E-state index is 0.0712. The number of rotatable bonds is 4. The van der Waals surface area contributed by atoms with Gasteiger partial charge in [-0.1, -0.05) is 0 Å². The Morgan fingerprint density at radius 3 is 3.00 bits per heavy atom. The molecule has 1 aliphatic heterocycles. The number of amides is 2. The van der Waals surface area contributed by atoms with Crippen LogP contribution in [0.5, 0.6) is 0 Å².